The molecule has 2 rings (SSSR count). The van der Waals surface area contributed by atoms with Crippen molar-refractivity contribution in [2.75, 3.05) is 6.54 Å². The van der Waals surface area contributed by atoms with Crippen LogP contribution in [0.25, 0.3) is 0 Å². The minimum absolute atomic E-state index is 0.124. The van der Waals surface area contributed by atoms with Gasteiger partial charge in [0.2, 0.25) is 0 Å². The van der Waals surface area contributed by atoms with E-state index in [0.717, 1.165) is 6.42 Å². The number of carboxylic acid groups (broad SMARTS) is 1. The summed E-state index contributed by atoms with van der Waals surface area (Å²) in [5, 5.41) is 16.4. The van der Waals surface area contributed by atoms with Gasteiger partial charge in [-0.15, -0.1) is 0 Å². The fourth-order valence-electron chi connectivity index (χ4n) is 2.94. The van der Waals surface area contributed by atoms with Crippen LogP contribution in [0.2, 0.25) is 0 Å². The highest BCUT2D eigenvalue weighted by Crippen LogP contribution is 2.32. The lowest BCUT2D eigenvalue weighted by atomic mass is 9.93. The molecule has 1 aromatic rings. The molecule has 7 heteroatoms. The molecule has 7 nitrogen and oxygen atoms in total. The molecule has 2 N–H and O–H groups in total. The van der Waals surface area contributed by atoms with E-state index in [1.165, 1.54) is 4.90 Å². The number of carbonyl (C=O) groups excluding carboxylic acids is 1. The van der Waals surface area contributed by atoms with Crippen LogP contribution in [-0.4, -0.2) is 49.9 Å². The minimum Gasteiger partial charge on any atom is -0.479 e. The van der Waals surface area contributed by atoms with Crippen LogP contribution in [0.5, 0.6) is 0 Å². The largest absolute Gasteiger partial charge is 0.479 e. The molecule has 21 heavy (non-hydrogen) atoms. The number of hydrogen-bond acceptors (Lipinski definition) is 3. The van der Waals surface area contributed by atoms with Crippen molar-refractivity contribution >= 4 is 12.0 Å². The lowest BCUT2D eigenvalue weighted by Crippen LogP contribution is -2.57. The number of aromatic nitrogens is 2. The number of carbonyl (C=O) groups is 2. The first-order valence-corrected chi connectivity index (χ1v) is 7.28. The van der Waals surface area contributed by atoms with Crippen LogP contribution in [0.3, 0.4) is 0 Å². The quantitative estimate of drug-likeness (QED) is 0.857. The van der Waals surface area contributed by atoms with Gasteiger partial charge in [-0.2, -0.15) is 5.10 Å². The molecule has 2 unspecified atom stereocenters. The van der Waals surface area contributed by atoms with Gasteiger partial charge in [0, 0.05) is 25.0 Å². The average molecular weight is 294 g/mol. The summed E-state index contributed by atoms with van der Waals surface area (Å²) in [5.74, 6) is -0.919. The van der Waals surface area contributed by atoms with Crippen LogP contribution in [0.1, 0.15) is 33.1 Å². The SMILES string of the molecule is CCC1(C(=O)O)CCCN1C(=O)NC(C)Cn1cccn1. The van der Waals surface area contributed by atoms with Crippen LogP contribution >= 0.6 is 0 Å². The Balaban J connectivity index is 2.00. The second-order valence-corrected chi connectivity index (χ2v) is 5.52. The Labute approximate surface area is 123 Å². The van der Waals surface area contributed by atoms with Gasteiger partial charge in [0.1, 0.15) is 5.54 Å². The monoisotopic (exact) mass is 294 g/mol. The molecule has 0 saturated carbocycles. The van der Waals surface area contributed by atoms with E-state index in [1.54, 1.807) is 10.9 Å². The second kappa shape index (κ2) is 6.15. The summed E-state index contributed by atoms with van der Waals surface area (Å²) >= 11 is 0. The summed E-state index contributed by atoms with van der Waals surface area (Å²) in [4.78, 5) is 25.4. The molecule has 0 aliphatic carbocycles. The predicted octanol–water partition coefficient (Wildman–Crippen LogP) is 1.31. The van der Waals surface area contributed by atoms with Crippen molar-refractivity contribution in [1.82, 2.24) is 20.0 Å². The van der Waals surface area contributed by atoms with Crippen LogP contribution in [0, 0.1) is 0 Å². The number of rotatable bonds is 5. The lowest BCUT2D eigenvalue weighted by Gasteiger charge is -2.34. The minimum atomic E-state index is -1.06. The molecule has 0 aromatic carbocycles. The summed E-state index contributed by atoms with van der Waals surface area (Å²) in [6.45, 7) is 4.73. The zero-order valence-corrected chi connectivity index (χ0v) is 12.5. The van der Waals surface area contributed by atoms with E-state index < -0.39 is 11.5 Å². The van der Waals surface area contributed by atoms with Crippen molar-refractivity contribution in [3.8, 4) is 0 Å². The Morgan fingerprint density at radius 2 is 2.29 bits per heavy atom. The van der Waals surface area contributed by atoms with Gasteiger partial charge in [-0.25, -0.2) is 9.59 Å². The Kier molecular flexibility index (Phi) is 4.50. The summed E-state index contributed by atoms with van der Waals surface area (Å²) in [6.07, 6.45) is 5.16. The molecule has 1 aromatic heterocycles. The number of urea groups is 1. The molecule has 1 aliphatic rings. The highest BCUT2D eigenvalue weighted by Gasteiger charge is 2.48. The fraction of sp³-hybridized carbons (Fsp3) is 0.643. The Hall–Kier alpha value is -2.05. The van der Waals surface area contributed by atoms with Crippen molar-refractivity contribution in [2.24, 2.45) is 0 Å². The standard InChI is InChI=1S/C14H22N4O3/c1-3-14(12(19)20)6-4-9-18(14)13(21)16-11(2)10-17-8-5-7-15-17/h5,7-8,11H,3-4,6,9-10H2,1-2H3,(H,16,21)(H,19,20). The normalized spacial score (nSPS) is 23.0. The van der Waals surface area contributed by atoms with E-state index in [9.17, 15) is 14.7 Å². The van der Waals surface area contributed by atoms with Crippen molar-refractivity contribution in [3.05, 3.63) is 18.5 Å². The van der Waals surface area contributed by atoms with Crippen LogP contribution in [0.15, 0.2) is 18.5 Å². The first-order chi connectivity index (χ1) is 9.99. The maximum absolute atomic E-state index is 12.4. The van der Waals surface area contributed by atoms with E-state index in [4.69, 9.17) is 0 Å². The van der Waals surface area contributed by atoms with Gasteiger partial charge in [-0.3, -0.25) is 4.68 Å². The number of aliphatic carboxylic acids is 1. The van der Waals surface area contributed by atoms with Crippen LogP contribution < -0.4 is 5.32 Å². The first kappa shape index (κ1) is 15.3. The molecule has 116 valence electrons. The molecule has 0 radical (unpaired) electrons. The number of hydrogen-bond donors (Lipinski definition) is 2. The predicted molar refractivity (Wildman–Crippen MR) is 76.8 cm³/mol. The third-order valence-corrected chi connectivity index (χ3v) is 4.11. The summed E-state index contributed by atoms with van der Waals surface area (Å²) < 4.78 is 1.74. The zero-order chi connectivity index (χ0) is 15.5. The Morgan fingerprint density at radius 1 is 1.52 bits per heavy atom. The van der Waals surface area contributed by atoms with Crippen molar-refractivity contribution in [1.29, 1.82) is 0 Å². The molecular weight excluding hydrogens is 272 g/mol. The summed E-state index contributed by atoms with van der Waals surface area (Å²) in [5.41, 5.74) is -1.06. The third kappa shape index (κ3) is 3.01. The Morgan fingerprint density at radius 3 is 2.86 bits per heavy atom. The first-order valence-electron chi connectivity index (χ1n) is 7.28. The maximum atomic E-state index is 12.4. The molecule has 2 heterocycles. The fourth-order valence-corrected chi connectivity index (χ4v) is 2.94. The topological polar surface area (TPSA) is 87.5 Å². The van der Waals surface area contributed by atoms with E-state index in [1.807, 2.05) is 26.1 Å². The van der Waals surface area contributed by atoms with Gasteiger partial charge < -0.3 is 15.3 Å². The second-order valence-electron chi connectivity index (χ2n) is 5.52. The van der Waals surface area contributed by atoms with Crippen molar-refractivity contribution < 1.29 is 14.7 Å². The average Bonchev–Trinajstić information content (AvgIpc) is 3.06. The highest BCUT2D eigenvalue weighted by molar-refractivity contribution is 5.87. The summed E-state index contributed by atoms with van der Waals surface area (Å²) in [7, 11) is 0. The molecule has 2 atom stereocenters. The van der Waals surface area contributed by atoms with Gasteiger partial charge in [0.15, 0.2) is 0 Å². The Bertz CT molecular complexity index is 502. The van der Waals surface area contributed by atoms with Crippen molar-refractivity contribution in [3.63, 3.8) is 0 Å². The van der Waals surface area contributed by atoms with E-state index in [0.29, 0.717) is 25.9 Å². The number of likely N-dealkylation sites (tertiary alicyclic amines) is 1. The van der Waals surface area contributed by atoms with Gasteiger partial charge in [0.25, 0.3) is 0 Å². The molecule has 2 amide bonds. The smallest absolute Gasteiger partial charge is 0.329 e. The van der Waals surface area contributed by atoms with E-state index in [-0.39, 0.29) is 12.1 Å². The number of amides is 2. The van der Waals surface area contributed by atoms with Gasteiger partial charge >= 0.3 is 12.0 Å². The van der Waals surface area contributed by atoms with Gasteiger partial charge in [-0.1, -0.05) is 6.92 Å². The van der Waals surface area contributed by atoms with Crippen LogP contribution in [0.4, 0.5) is 4.79 Å². The molecular formula is C14H22N4O3. The summed E-state index contributed by atoms with van der Waals surface area (Å²) in [6, 6.07) is 1.39. The van der Waals surface area contributed by atoms with Crippen molar-refractivity contribution in [2.45, 2.75) is 51.2 Å². The third-order valence-electron chi connectivity index (χ3n) is 4.11. The van der Waals surface area contributed by atoms with E-state index in [2.05, 4.69) is 10.4 Å². The number of carboxylic acids is 1. The molecule has 1 aliphatic heterocycles. The zero-order valence-electron chi connectivity index (χ0n) is 12.5. The molecule has 0 spiro atoms. The van der Waals surface area contributed by atoms with Crippen LogP contribution in [-0.2, 0) is 11.3 Å². The number of nitrogens with one attached hydrogen (secondary N) is 1. The van der Waals surface area contributed by atoms with E-state index >= 15 is 0 Å². The lowest BCUT2D eigenvalue weighted by molar-refractivity contribution is -0.148. The molecule has 0 bridgehead atoms. The molecule has 1 saturated heterocycles. The number of nitrogens with zero attached hydrogens (tertiary/aromatic N) is 3. The van der Waals surface area contributed by atoms with Gasteiger partial charge in [-0.05, 0) is 32.3 Å². The molecule has 1 fully saturated rings. The van der Waals surface area contributed by atoms with Gasteiger partial charge in [0.05, 0.1) is 6.54 Å². The maximum Gasteiger partial charge on any atom is 0.329 e. The highest BCUT2D eigenvalue weighted by atomic mass is 16.4.